The fourth-order valence-electron chi connectivity index (χ4n) is 17.7. The zero-order valence-electron chi connectivity index (χ0n) is 40.2. The topological polar surface area (TPSA) is 0 Å². The highest BCUT2D eigenvalue weighted by Gasteiger charge is 2.59. The van der Waals surface area contributed by atoms with Gasteiger partial charge in [0.15, 0.2) is 0 Å². The zero-order valence-corrected chi connectivity index (χ0v) is 50.7. The lowest BCUT2D eigenvalue weighted by Gasteiger charge is -2.24. The van der Waals surface area contributed by atoms with Crippen molar-refractivity contribution in [2.24, 2.45) is 0 Å². The van der Waals surface area contributed by atoms with Crippen molar-refractivity contribution in [3.8, 4) is 39.0 Å². The second-order valence-corrected chi connectivity index (χ2v) is 49.2. The lowest BCUT2D eigenvalue weighted by Crippen LogP contribution is -2.53. The van der Waals surface area contributed by atoms with Gasteiger partial charge in [-0.3, -0.25) is 0 Å². The minimum absolute atomic E-state index is 0.677. The van der Waals surface area contributed by atoms with Crippen LogP contribution in [-0.4, -0.2) is 32.3 Å². The Morgan fingerprint density at radius 2 is 0.353 bits per heavy atom. The van der Waals surface area contributed by atoms with Crippen LogP contribution in [-0.2, 0) is 0 Å². The average Bonchev–Trinajstić information content (AvgIpc) is 4.12. The van der Waals surface area contributed by atoms with Crippen molar-refractivity contribution in [2.75, 3.05) is 0 Å². The molecule has 16 bridgehead atoms. The number of hydrogen-bond acceptors (Lipinski definition) is 8. The molecule has 0 fully saturated rings. The Bertz CT molecular complexity index is 2890. The van der Waals surface area contributed by atoms with Gasteiger partial charge in [-0.25, -0.2) is 0 Å². The molecule has 8 atom stereocenters. The third-order valence-electron chi connectivity index (χ3n) is 20.0. The first-order valence-electron chi connectivity index (χ1n) is 25.9. The van der Waals surface area contributed by atoms with Crippen LogP contribution in [0.3, 0.4) is 0 Å². The number of thiophene rings is 8. The summed E-state index contributed by atoms with van der Waals surface area (Å²) in [6.07, 6.45) is 0. The molecule has 0 N–H and O–H groups in total. The number of fused-ring (bicyclic) bond motifs is 12. The molecule has 0 saturated heterocycles. The first kappa shape index (κ1) is 41.9. The van der Waals surface area contributed by atoms with Crippen molar-refractivity contribution in [1.82, 2.24) is 0 Å². The van der Waals surface area contributed by atoms with Gasteiger partial charge in [0, 0.05) is 78.0 Å². The molecular weight excluding hydrogens is 1040 g/mol. The van der Waals surface area contributed by atoms with Crippen molar-refractivity contribution >= 4 is 164 Å². The minimum Gasteiger partial charge on any atom is -0.139 e. The highest BCUT2D eigenvalue weighted by Crippen LogP contribution is 2.58. The van der Waals surface area contributed by atoms with E-state index in [2.05, 4.69) is 195 Å². The van der Waals surface area contributed by atoms with Gasteiger partial charge in [-0.2, -0.15) is 0 Å². The summed E-state index contributed by atoms with van der Waals surface area (Å²) in [5.74, 6) is 5.42. The van der Waals surface area contributed by atoms with E-state index in [0.717, 1.165) is 0 Å². The van der Waals surface area contributed by atoms with E-state index in [1.54, 1.807) is 78.0 Å². The van der Waals surface area contributed by atoms with Gasteiger partial charge in [-0.05, 0) is 186 Å². The summed E-state index contributed by atoms with van der Waals surface area (Å²) in [4.78, 5) is 26.9. The lowest BCUT2D eigenvalue weighted by molar-refractivity contribution is 0.868. The summed E-state index contributed by atoms with van der Waals surface area (Å²) in [6, 6.07) is 33.9. The summed E-state index contributed by atoms with van der Waals surface area (Å²) in [6.45, 7) is 20.8. The fraction of sp³-hybridized carbons (Fsp3) is 0.429. The normalized spacial score (nSPS) is 35.4. The SMILES string of the molecule is C[C@H]1C[Si]23C[C@H](C)c4sc(cc42)-c2cc4c(s2)[C@@H](C)C[Si]42C[C@H](C)c4sc(cc42)-c2cc4c(s2)[C@@H](C)C[Si]42C[C@H](C)c4sc(cc42)-c2cc4c(s2)[C@@H](C)C[Si]42C[C@H](C)c4sc(cc42)-c2cc3c1s2. The standard InChI is InChI=1S/C56H56S8Si4/c1-25-17-65-18-26(2)50-42(65)10-35(59-50)36-12-44-52(60-36)29(5)21-67(44)22-30(6)54-46(67)14-39(63-54)40-16-48-56(64-40)32(8)24-68(48)23-31(7)55-47(68)15-38(62-55)37-13-45-53(61-37)28(4)20-66(45)19-27(3)51-43(66)11-34(58-51)33-9-41(65)49(25)57-33/h9-16,25-32H,17-24H2,1-8H3/t25-,26-,27-,28-,29-,30-,31-,32-,65?,66?,67?,68?/m0/s1. The van der Waals surface area contributed by atoms with Crippen molar-refractivity contribution in [3.05, 3.63) is 87.5 Å². The molecule has 8 aromatic heterocycles. The molecule has 344 valence electrons. The highest BCUT2D eigenvalue weighted by molar-refractivity contribution is 7.30. The highest BCUT2D eigenvalue weighted by atomic mass is 32.1. The van der Waals surface area contributed by atoms with Crippen molar-refractivity contribution < 1.29 is 0 Å². The predicted molar refractivity (Wildman–Crippen MR) is 316 cm³/mol. The molecule has 68 heavy (non-hydrogen) atoms. The van der Waals surface area contributed by atoms with E-state index in [1.807, 2.05) is 41.5 Å². The van der Waals surface area contributed by atoms with Crippen LogP contribution in [0.1, 0.15) is 142 Å². The van der Waals surface area contributed by atoms with Gasteiger partial charge in [-0.1, -0.05) is 55.4 Å². The quantitative estimate of drug-likeness (QED) is 0.133. The smallest absolute Gasteiger partial charge is 0.122 e. The van der Waals surface area contributed by atoms with E-state index >= 15 is 0 Å². The van der Waals surface area contributed by atoms with E-state index in [4.69, 9.17) is 0 Å². The third-order valence-corrected chi connectivity index (χ3v) is 55.2. The molecular formula is C56H56S8Si4. The van der Waals surface area contributed by atoms with Gasteiger partial charge in [0.1, 0.15) is 32.3 Å². The first-order valence-corrected chi connectivity index (χ1v) is 42.1. The zero-order chi connectivity index (χ0) is 45.4. The molecule has 17 rings (SSSR count). The van der Waals surface area contributed by atoms with Crippen LogP contribution in [0.15, 0.2) is 48.5 Å². The fourth-order valence-corrected chi connectivity index (χ4v) is 59.3. The van der Waals surface area contributed by atoms with Crippen LogP contribution < -0.4 is 41.5 Å². The molecule has 8 aromatic rings. The van der Waals surface area contributed by atoms with Gasteiger partial charge in [0.05, 0.1) is 0 Å². The molecule has 4 spiro atoms. The number of rotatable bonds is 0. The van der Waals surface area contributed by atoms with E-state index < -0.39 is 32.3 Å². The average molecular weight is 1100 g/mol. The van der Waals surface area contributed by atoms with E-state index in [1.165, 1.54) is 48.4 Å². The Balaban J connectivity index is 0.878. The van der Waals surface area contributed by atoms with Crippen LogP contribution in [0.2, 0.25) is 48.4 Å². The van der Waals surface area contributed by atoms with Crippen LogP contribution in [0, 0.1) is 0 Å². The maximum atomic E-state index is 2.82. The Morgan fingerprint density at radius 3 is 0.471 bits per heavy atom. The third kappa shape index (κ3) is 4.89. The predicted octanol–water partition coefficient (Wildman–Crippen LogP) is 14.3. The van der Waals surface area contributed by atoms with Gasteiger partial charge in [-0.15, -0.1) is 90.7 Å². The first-order chi connectivity index (χ1) is 32.8. The minimum atomic E-state index is -1.88. The maximum absolute atomic E-state index is 2.82. The van der Waals surface area contributed by atoms with Gasteiger partial charge in [0.25, 0.3) is 0 Å². The second-order valence-electron chi connectivity index (χ2n) is 24.3. The Kier molecular flexibility index (Phi) is 8.26. The van der Waals surface area contributed by atoms with Gasteiger partial charge in [0.2, 0.25) is 0 Å². The molecule has 0 radical (unpaired) electrons. The van der Waals surface area contributed by atoms with Crippen LogP contribution in [0.5, 0.6) is 0 Å². The molecule has 9 aliphatic heterocycles. The summed E-state index contributed by atoms with van der Waals surface area (Å²) >= 11 is 17.8. The molecule has 0 nitrogen and oxygen atoms in total. The van der Waals surface area contributed by atoms with Crippen molar-refractivity contribution in [1.29, 1.82) is 0 Å². The van der Waals surface area contributed by atoms with Crippen LogP contribution in [0.4, 0.5) is 0 Å². The number of hydrogen-bond donors (Lipinski definition) is 0. The van der Waals surface area contributed by atoms with E-state index in [-0.39, 0.29) is 0 Å². The molecule has 0 aliphatic carbocycles. The molecule has 12 heteroatoms. The molecule has 0 saturated carbocycles. The Hall–Kier alpha value is -1.53. The summed E-state index contributed by atoms with van der Waals surface area (Å²) < 4.78 is 0. The van der Waals surface area contributed by atoms with Crippen molar-refractivity contribution in [2.45, 2.75) is 151 Å². The second kappa shape index (κ2) is 13.4. The lowest BCUT2D eigenvalue weighted by atomic mass is 10.2. The summed E-state index contributed by atoms with van der Waals surface area (Å²) in [5.41, 5.74) is 0. The molecule has 0 unspecified atom stereocenters. The summed E-state index contributed by atoms with van der Waals surface area (Å²) in [5, 5.41) is 14.8. The van der Waals surface area contributed by atoms with E-state index in [0.29, 0.717) is 47.3 Å². The Morgan fingerprint density at radius 1 is 0.235 bits per heavy atom. The largest absolute Gasteiger partial charge is 0.139 e. The molecule has 0 aromatic carbocycles. The molecule has 0 amide bonds. The monoisotopic (exact) mass is 1100 g/mol. The summed E-state index contributed by atoms with van der Waals surface area (Å²) in [7, 11) is -7.51. The molecule has 17 heterocycles. The van der Waals surface area contributed by atoms with Gasteiger partial charge < -0.3 is 0 Å². The van der Waals surface area contributed by atoms with Crippen LogP contribution in [0.25, 0.3) is 39.0 Å². The van der Waals surface area contributed by atoms with E-state index in [9.17, 15) is 0 Å². The molecule has 9 aliphatic rings. The Labute approximate surface area is 437 Å². The maximum Gasteiger partial charge on any atom is 0.122 e. The van der Waals surface area contributed by atoms with Crippen molar-refractivity contribution in [3.63, 3.8) is 0 Å². The van der Waals surface area contributed by atoms with Crippen LogP contribution >= 0.6 is 90.7 Å². The van der Waals surface area contributed by atoms with Gasteiger partial charge >= 0.3 is 0 Å².